The van der Waals surface area contributed by atoms with Crippen LogP contribution in [0.15, 0.2) is 0 Å². The molecule has 0 aliphatic carbocycles. The molecule has 0 radical (unpaired) electrons. The van der Waals surface area contributed by atoms with Crippen LogP contribution in [-0.2, 0) is 9.59 Å². The van der Waals surface area contributed by atoms with Crippen molar-refractivity contribution in [3.05, 3.63) is 0 Å². The summed E-state index contributed by atoms with van der Waals surface area (Å²) in [7, 11) is 0. The Morgan fingerprint density at radius 3 is 2.43 bits per heavy atom. The van der Waals surface area contributed by atoms with Crippen LogP contribution >= 0.6 is 0 Å². The lowest BCUT2D eigenvalue weighted by atomic mass is 9.97. The van der Waals surface area contributed by atoms with Gasteiger partial charge >= 0.3 is 5.97 Å². The number of aliphatic carboxylic acids is 1. The summed E-state index contributed by atoms with van der Waals surface area (Å²) in [4.78, 5) is 23.6. The highest BCUT2D eigenvalue weighted by Crippen LogP contribution is 2.17. The van der Waals surface area contributed by atoms with E-state index in [4.69, 9.17) is 11.5 Å². The van der Waals surface area contributed by atoms with Gasteiger partial charge in [-0.25, -0.2) is 0 Å². The average Bonchev–Trinajstić information content (AvgIpc) is 2.18. The largest absolute Gasteiger partial charge is 0.481 e. The highest BCUT2D eigenvalue weighted by Gasteiger charge is 2.26. The van der Waals surface area contributed by atoms with Crippen LogP contribution in [0.1, 0.15) is 19.3 Å². The maximum Gasteiger partial charge on any atom is 0.306 e. The van der Waals surface area contributed by atoms with Gasteiger partial charge in [0.15, 0.2) is 0 Å². The van der Waals surface area contributed by atoms with Crippen LogP contribution in [0, 0.1) is 18.3 Å². The van der Waals surface area contributed by atoms with Crippen molar-refractivity contribution < 1.29 is 14.7 Å². The van der Waals surface area contributed by atoms with Gasteiger partial charge < -0.3 is 10.0 Å². The number of terminal acetylenes is 1. The van der Waals surface area contributed by atoms with E-state index in [1.54, 1.807) is 4.90 Å². The zero-order chi connectivity index (χ0) is 10.6. The van der Waals surface area contributed by atoms with Gasteiger partial charge in [-0.1, -0.05) is 5.92 Å². The summed E-state index contributed by atoms with van der Waals surface area (Å²) in [5.41, 5.74) is 0. The Morgan fingerprint density at radius 1 is 1.43 bits per heavy atom. The highest BCUT2D eigenvalue weighted by molar-refractivity contribution is 5.79. The molecule has 76 valence electrons. The molecular formula is C10H13NO3. The summed E-state index contributed by atoms with van der Waals surface area (Å²) < 4.78 is 0. The first kappa shape index (κ1) is 10.6. The number of carboxylic acids is 1. The molecule has 0 unspecified atom stereocenters. The van der Waals surface area contributed by atoms with Crippen LogP contribution in [0.25, 0.3) is 0 Å². The van der Waals surface area contributed by atoms with Crippen molar-refractivity contribution in [1.29, 1.82) is 0 Å². The van der Waals surface area contributed by atoms with E-state index in [9.17, 15) is 9.59 Å². The van der Waals surface area contributed by atoms with E-state index in [1.165, 1.54) is 0 Å². The van der Waals surface area contributed by atoms with Gasteiger partial charge in [-0.15, -0.1) is 6.42 Å². The van der Waals surface area contributed by atoms with Crippen molar-refractivity contribution in [2.24, 2.45) is 5.92 Å². The maximum atomic E-state index is 11.3. The topological polar surface area (TPSA) is 57.6 Å². The molecule has 1 rings (SSSR count). The second kappa shape index (κ2) is 4.66. The van der Waals surface area contributed by atoms with E-state index >= 15 is 0 Å². The number of carboxylic acid groups (broad SMARTS) is 1. The molecule has 0 saturated carbocycles. The van der Waals surface area contributed by atoms with Gasteiger partial charge in [0.05, 0.1) is 12.3 Å². The second-order valence-electron chi connectivity index (χ2n) is 3.37. The van der Waals surface area contributed by atoms with E-state index in [1.807, 2.05) is 0 Å². The highest BCUT2D eigenvalue weighted by atomic mass is 16.4. The number of carbonyl (C=O) groups excluding carboxylic acids is 1. The molecule has 1 amide bonds. The number of hydrogen-bond donors (Lipinski definition) is 1. The monoisotopic (exact) mass is 195 g/mol. The molecule has 0 aromatic heterocycles. The quantitative estimate of drug-likeness (QED) is 0.646. The Balaban J connectivity index is 2.40. The van der Waals surface area contributed by atoms with Crippen LogP contribution in [0.5, 0.6) is 0 Å². The molecule has 1 N–H and O–H groups in total. The first-order chi connectivity index (χ1) is 6.65. The van der Waals surface area contributed by atoms with Crippen molar-refractivity contribution >= 4 is 11.9 Å². The number of likely N-dealkylation sites (tertiary alicyclic amines) is 1. The van der Waals surface area contributed by atoms with E-state index in [0.29, 0.717) is 25.9 Å². The molecule has 1 saturated heterocycles. The van der Waals surface area contributed by atoms with Crippen molar-refractivity contribution in [3.8, 4) is 12.3 Å². The standard InChI is InChI=1S/C10H13NO3/c1-2-3-9(12)11-6-4-8(5-7-11)10(13)14/h1,8H,3-7H2,(H,13,14). The number of piperidine rings is 1. The molecule has 0 spiro atoms. The number of hydrogen-bond acceptors (Lipinski definition) is 2. The SMILES string of the molecule is C#CCC(=O)N1CCC(C(=O)O)CC1. The molecule has 0 aromatic rings. The summed E-state index contributed by atoms with van der Waals surface area (Å²) >= 11 is 0. The fourth-order valence-electron chi connectivity index (χ4n) is 1.57. The van der Waals surface area contributed by atoms with Crippen molar-refractivity contribution in [3.63, 3.8) is 0 Å². The molecule has 14 heavy (non-hydrogen) atoms. The van der Waals surface area contributed by atoms with Gasteiger partial charge in [-0.05, 0) is 12.8 Å². The molecule has 0 aromatic carbocycles. The first-order valence-corrected chi connectivity index (χ1v) is 4.59. The van der Waals surface area contributed by atoms with Crippen LogP contribution in [0.4, 0.5) is 0 Å². The minimum atomic E-state index is -0.769. The molecular weight excluding hydrogens is 182 g/mol. The lowest BCUT2D eigenvalue weighted by molar-refractivity contribution is -0.145. The van der Waals surface area contributed by atoms with Gasteiger partial charge in [-0.2, -0.15) is 0 Å². The fraction of sp³-hybridized carbons (Fsp3) is 0.600. The zero-order valence-electron chi connectivity index (χ0n) is 7.90. The lowest BCUT2D eigenvalue weighted by Crippen LogP contribution is -2.40. The molecule has 0 bridgehead atoms. The Labute approximate surface area is 82.9 Å². The van der Waals surface area contributed by atoms with Crippen LogP contribution in [-0.4, -0.2) is 35.0 Å². The predicted octanol–water partition coefficient (Wildman–Crippen LogP) is 0.333. The van der Waals surface area contributed by atoms with Gasteiger partial charge in [0, 0.05) is 13.1 Å². The molecule has 1 fully saturated rings. The Kier molecular flexibility index (Phi) is 3.52. The third-order valence-electron chi connectivity index (χ3n) is 2.45. The van der Waals surface area contributed by atoms with E-state index in [-0.39, 0.29) is 18.2 Å². The Hall–Kier alpha value is -1.50. The summed E-state index contributed by atoms with van der Waals surface area (Å²) in [6, 6.07) is 0. The number of amides is 1. The smallest absolute Gasteiger partial charge is 0.306 e. The van der Waals surface area contributed by atoms with E-state index < -0.39 is 5.97 Å². The summed E-state index contributed by atoms with van der Waals surface area (Å²) in [5, 5.41) is 8.73. The number of rotatable bonds is 2. The fourth-order valence-corrected chi connectivity index (χ4v) is 1.57. The summed E-state index contributed by atoms with van der Waals surface area (Å²) in [5.74, 6) is 1.15. The summed E-state index contributed by atoms with van der Waals surface area (Å²) in [6.07, 6.45) is 6.20. The predicted molar refractivity (Wildman–Crippen MR) is 50.4 cm³/mol. The van der Waals surface area contributed by atoms with E-state index in [0.717, 1.165) is 0 Å². The van der Waals surface area contributed by atoms with Crippen molar-refractivity contribution in [2.75, 3.05) is 13.1 Å². The minimum Gasteiger partial charge on any atom is -0.481 e. The van der Waals surface area contributed by atoms with E-state index in [2.05, 4.69) is 5.92 Å². The molecule has 1 aliphatic rings. The minimum absolute atomic E-state index is 0.0728. The van der Waals surface area contributed by atoms with Crippen LogP contribution < -0.4 is 0 Å². The zero-order valence-corrected chi connectivity index (χ0v) is 7.90. The normalized spacial score (nSPS) is 17.5. The van der Waals surface area contributed by atoms with Gasteiger partial charge in [0.1, 0.15) is 0 Å². The lowest BCUT2D eigenvalue weighted by Gasteiger charge is -2.29. The molecule has 1 heterocycles. The Bertz CT molecular complexity index is 272. The van der Waals surface area contributed by atoms with Crippen molar-refractivity contribution in [1.82, 2.24) is 4.90 Å². The van der Waals surface area contributed by atoms with Gasteiger partial charge in [-0.3, -0.25) is 9.59 Å². The van der Waals surface area contributed by atoms with Crippen molar-refractivity contribution in [2.45, 2.75) is 19.3 Å². The van der Waals surface area contributed by atoms with Crippen LogP contribution in [0.3, 0.4) is 0 Å². The molecule has 4 heteroatoms. The number of nitrogens with zero attached hydrogens (tertiary/aromatic N) is 1. The summed E-state index contributed by atoms with van der Waals surface area (Å²) in [6.45, 7) is 1.02. The molecule has 1 aliphatic heterocycles. The first-order valence-electron chi connectivity index (χ1n) is 4.59. The third kappa shape index (κ3) is 2.49. The molecule has 4 nitrogen and oxygen atoms in total. The second-order valence-corrected chi connectivity index (χ2v) is 3.37. The molecule has 0 atom stereocenters. The van der Waals surface area contributed by atoms with Gasteiger partial charge in [0.25, 0.3) is 0 Å². The van der Waals surface area contributed by atoms with Crippen LogP contribution in [0.2, 0.25) is 0 Å². The van der Waals surface area contributed by atoms with Gasteiger partial charge in [0.2, 0.25) is 5.91 Å². The maximum absolute atomic E-state index is 11.3. The number of carbonyl (C=O) groups is 2. The average molecular weight is 195 g/mol. The Morgan fingerprint density at radius 2 is 2.00 bits per heavy atom. The third-order valence-corrected chi connectivity index (χ3v) is 2.45.